The van der Waals surface area contributed by atoms with Crippen molar-refractivity contribution in [3.8, 4) is 0 Å². The first-order chi connectivity index (χ1) is 14.7. The molecule has 2 aliphatic carbocycles. The van der Waals surface area contributed by atoms with Gasteiger partial charge in [-0.2, -0.15) is 0 Å². The Hall–Kier alpha value is -0.759. The van der Waals surface area contributed by atoms with Crippen LogP contribution in [0.3, 0.4) is 0 Å². The zero-order chi connectivity index (χ0) is 22.1. The van der Waals surface area contributed by atoms with Crippen LogP contribution in [0.1, 0.15) is 40.0 Å². The zero-order valence-corrected chi connectivity index (χ0v) is 26.7. The predicted octanol–water partition coefficient (Wildman–Crippen LogP) is 8.88. The molecule has 2 aromatic rings. The Kier molecular flexibility index (Phi) is 13.4. The van der Waals surface area contributed by atoms with Crippen molar-refractivity contribution in [2.24, 2.45) is 5.41 Å². The van der Waals surface area contributed by atoms with E-state index in [-0.39, 0.29) is 55.0 Å². The third kappa shape index (κ3) is 7.86. The molecule has 0 heterocycles. The van der Waals surface area contributed by atoms with Gasteiger partial charge in [0.25, 0.3) is 0 Å². The Morgan fingerprint density at radius 2 is 1.37 bits per heavy atom. The average molecular weight is 540 g/mol. The third-order valence-corrected chi connectivity index (χ3v) is 13.7. The fraction of sp³-hybridized carbons (Fsp3) is 0.387. The normalized spacial score (nSPS) is 23.1. The number of hydrogen-bond acceptors (Lipinski definition) is 0. The van der Waals surface area contributed by atoms with Gasteiger partial charge in [-0.05, 0) is 48.9 Å². The molecule has 1 saturated carbocycles. The largest absolute Gasteiger partial charge is 4.00 e. The topological polar surface area (TPSA) is 14.1 Å². The van der Waals surface area contributed by atoms with Gasteiger partial charge in [-0.3, -0.25) is 0 Å². The first-order valence-corrected chi connectivity index (χ1v) is 16.1. The molecule has 1 nitrogen and oxygen atoms in total. The standard InChI is InChI=1S/C28H37NPSi.3CH3.Ti/c1-27(2,3)29-31(4,5)25-21-26(28(22-25)19-13-8-14-20-28)30(23-15-9-6-10-16-23)24-17-11-7-12-18-24;;;;/h6-19,25-26H,20-22H2,1-5H3;3*1H3;/q4*-1;+4. The molecule has 2 aliphatic rings. The molecule has 188 valence electrons. The van der Waals surface area contributed by atoms with E-state index in [4.69, 9.17) is 4.98 Å². The van der Waals surface area contributed by atoms with Crippen LogP contribution in [0.25, 0.3) is 4.98 Å². The van der Waals surface area contributed by atoms with Gasteiger partial charge >= 0.3 is 21.7 Å². The second-order valence-electron chi connectivity index (χ2n) is 10.9. The van der Waals surface area contributed by atoms with Gasteiger partial charge in [-0.1, -0.05) is 133 Å². The minimum absolute atomic E-state index is 0. The van der Waals surface area contributed by atoms with Crippen molar-refractivity contribution in [2.45, 2.75) is 69.9 Å². The predicted molar refractivity (Wildman–Crippen MR) is 161 cm³/mol. The summed E-state index contributed by atoms with van der Waals surface area (Å²) in [4.78, 5) is 5.44. The number of benzene rings is 2. The zero-order valence-electron chi connectivity index (χ0n) is 23.3. The van der Waals surface area contributed by atoms with E-state index >= 15 is 0 Å². The summed E-state index contributed by atoms with van der Waals surface area (Å²) in [6.45, 7) is 11.8. The monoisotopic (exact) mass is 539 g/mol. The summed E-state index contributed by atoms with van der Waals surface area (Å²) in [6.07, 6.45) is 13.3. The maximum absolute atomic E-state index is 5.44. The van der Waals surface area contributed by atoms with Crippen molar-refractivity contribution in [2.75, 3.05) is 0 Å². The van der Waals surface area contributed by atoms with Gasteiger partial charge in [0.15, 0.2) is 0 Å². The van der Waals surface area contributed by atoms with Crippen LogP contribution in [0.4, 0.5) is 0 Å². The summed E-state index contributed by atoms with van der Waals surface area (Å²) in [7, 11) is -2.16. The second-order valence-corrected chi connectivity index (χ2v) is 17.6. The first-order valence-electron chi connectivity index (χ1n) is 11.7. The van der Waals surface area contributed by atoms with Crippen LogP contribution in [0.2, 0.25) is 18.6 Å². The smallest absolute Gasteiger partial charge is 0.660 e. The van der Waals surface area contributed by atoms with E-state index in [0.717, 1.165) is 5.54 Å². The van der Waals surface area contributed by atoms with Gasteiger partial charge in [0.2, 0.25) is 0 Å². The summed E-state index contributed by atoms with van der Waals surface area (Å²) >= 11 is 0. The number of rotatable bonds is 5. The van der Waals surface area contributed by atoms with Crippen molar-refractivity contribution in [1.29, 1.82) is 0 Å². The van der Waals surface area contributed by atoms with E-state index in [0.29, 0.717) is 5.66 Å². The van der Waals surface area contributed by atoms with Crippen LogP contribution < -0.4 is 10.6 Å². The van der Waals surface area contributed by atoms with Crippen molar-refractivity contribution < 1.29 is 21.7 Å². The maximum Gasteiger partial charge on any atom is 4.00 e. The van der Waals surface area contributed by atoms with Crippen LogP contribution in [0, 0.1) is 27.7 Å². The van der Waals surface area contributed by atoms with Crippen LogP contribution in [-0.2, 0) is 21.7 Å². The van der Waals surface area contributed by atoms with Crippen LogP contribution in [-0.4, -0.2) is 19.4 Å². The molecule has 0 bridgehead atoms. The fourth-order valence-corrected chi connectivity index (χ4v) is 12.9. The average Bonchev–Trinajstić information content (AvgIpc) is 3.08. The fourth-order valence-electron chi connectivity index (χ4n) is 5.80. The van der Waals surface area contributed by atoms with Gasteiger partial charge in [0.1, 0.15) is 0 Å². The summed E-state index contributed by atoms with van der Waals surface area (Å²) in [5.74, 6) is 0. The van der Waals surface area contributed by atoms with Crippen molar-refractivity contribution in [1.82, 2.24) is 0 Å². The molecule has 35 heavy (non-hydrogen) atoms. The SMILES string of the molecule is CC(C)(C)[N-][Si](C)(C)C1CC(P(c2ccccc2)c2ccccc2)C2(C=CC=CC2)C1.[CH3-].[CH3-].[CH3-].[Ti+4]. The molecule has 4 rings (SSSR count). The van der Waals surface area contributed by atoms with Crippen LogP contribution >= 0.6 is 7.92 Å². The molecule has 0 amide bonds. The van der Waals surface area contributed by atoms with Crippen LogP contribution in [0.15, 0.2) is 85.0 Å². The van der Waals surface area contributed by atoms with E-state index in [2.05, 4.69) is 119 Å². The van der Waals surface area contributed by atoms with Crippen molar-refractivity contribution in [3.05, 3.63) is 112 Å². The summed E-state index contributed by atoms with van der Waals surface area (Å²) in [5.41, 5.74) is 1.69. The maximum atomic E-state index is 5.44. The number of hydrogen-bond donors (Lipinski definition) is 0. The second kappa shape index (κ2) is 13.7. The number of nitrogens with zero attached hydrogens (tertiary/aromatic N) is 1. The molecule has 2 aromatic carbocycles. The molecule has 1 spiro atoms. The molecule has 1 fully saturated rings. The van der Waals surface area contributed by atoms with Crippen molar-refractivity contribution >= 4 is 26.8 Å². The molecule has 3 atom stereocenters. The first kappa shape index (κ1) is 34.2. The van der Waals surface area contributed by atoms with Gasteiger partial charge in [0.05, 0.1) is 0 Å². The summed E-state index contributed by atoms with van der Waals surface area (Å²) in [6, 6.07) is 22.6. The molecule has 0 radical (unpaired) electrons. The van der Waals surface area contributed by atoms with Crippen molar-refractivity contribution in [3.63, 3.8) is 0 Å². The van der Waals surface area contributed by atoms with E-state index in [1.54, 1.807) is 0 Å². The van der Waals surface area contributed by atoms with Gasteiger partial charge in [-0.15, -0.1) is 5.54 Å². The molecule has 0 aromatic heterocycles. The third-order valence-electron chi connectivity index (χ3n) is 6.97. The minimum Gasteiger partial charge on any atom is -0.660 e. The molecule has 4 heteroatoms. The molecule has 0 aliphatic heterocycles. The Balaban J connectivity index is 0.00000289. The molecular formula is C31H46NPSiTi. The van der Waals surface area contributed by atoms with Gasteiger partial charge < -0.3 is 27.3 Å². The quantitative estimate of drug-likeness (QED) is 0.205. The summed E-state index contributed by atoms with van der Waals surface area (Å²) < 4.78 is 0. The van der Waals surface area contributed by atoms with Crippen LogP contribution in [0.5, 0.6) is 0 Å². The Morgan fingerprint density at radius 1 is 0.857 bits per heavy atom. The Bertz CT molecular complexity index is 896. The van der Waals surface area contributed by atoms with E-state index in [9.17, 15) is 0 Å². The minimum atomic E-state index is -1.73. The molecule has 3 unspecified atom stereocenters. The Labute approximate surface area is 235 Å². The molecule has 0 N–H and O–H groups in total. The summed E-state index contributed by atoms with van der Waals surface area (Å²) in [5, 5.41) is 3.04. The van der Waals surface area contributed by atoms with Gasteiger partial charge in [-0.25, -0.2) is 0 Å². The number of allylic oxidation sites excluding steroid dienone is 4. The van der Waals surface area contributed by atoms with Gasteiger partial charge in [0, 0.05) is 0 Å². The van der Waals surface area contributed by atoms with E-state index < -0.39 is 16.2 Å². The van der Waals surface area contributed by atoms with E-state index in [1.807, 2.05) is 0 Å². The molecular weight excluding hydrogens is 493 g/mol. The molecule has 0 saturated heterocycles. The Morgan fingerprint density at radius 3 is 1.80 bits per heavy atom. The van der Waals surface area contributed by atoms with E-state index in [1.165, 1.54) is 29.9 Å².